The van der Waals surface area contributed by atoms with Gasteiger partial charge in [-0.3, -0.25) is 9.77 Å². The second-order valence-electron chi connectivity index (χ2n) is 7.28. The largest absolute Gasteiger partial charge is 0.476 e. The van der Waals surface area contributed by atoms with Crippen molar-refractivity contribution in [2.75, 3.05) is 18.3 Å². The molecule has 1 aliphatic heterocycles. The third kappa shape index (κ3) is 3.32. The van der Waals surface area contributed by atoms with E-state index in [-0.39, 0.29) is 23.0 Å². The van der Waals surface area contributed by atoms with E-state index in [1.54, 1.807) is 27.7 Å². The molecule has 2 aromatic rings. The first-order valence-corrected chi connectivity index (χ1v) is 8.68. The normalized spacial score (nSPS) is 25.9. The van der Waals surface area contributed by atoms with Crippen molar-refractivity contribution in [3.63, 3.8) is 0 Å². The van der Waals surface area contributed by atoms with E-state index in [9.17, 15) is 20.5 Å². The summed E-state index contributed by atoms with van der Waals surface area (Å²) in [5, 5.41) is 41.6. The Morgan fingerprint density at radius 2 is 1.96 bits per heavy atom. The van der Waals surface area contributed by atoms with Crippen LogP contribution >= 0.6 is 0 Å². The Morgan fingerprint density at radius 1 is 1.26 bits per heavy atom. The second-order valence-corrected chi connectivity index (χ2v) is 7.28. The Labute approximate surface area is 155 Å². The maximum Gasteiger partial charge on any atom is 0.245 e. The first kappa shape index (κ1) is 19.7. The van der Waals surface area contributed by atoms with Gasteiger partial charge in [-0.2, -0.15) is 4.98 Å². The van der Waals surface area contributed by atoms with Gasteiger partial charge in [0.2, 0.25) is 11.8 Å². The minimum Gasteiger partial charge on any atom is -0.476 e. The molecule has 4 N–H and O–H groups in total. The van der Waals surface area contributed by atoms with Gasteiger partial charge in [-0.1, -0.05) is 0 Å². The van der Waals surface area contributed by atoms with Crippen LogP contribution in [-0.4, -0.2) is 77.1 Å². The van der Waals surface area contributed by atoms with E-state index in [4.69, 9.17) is 9.47 Å². The van der Waals surface area contributed by atoms with Gasteiger partial charge in [0.15, 0.2) is 17.4 Å². The average Bonchev–Trinajstić information content (AvgIpc) is 3.13. The molecule has 0 bridgehead atoms. The molecule has 0 amide bonds. The van der Waals surface area contributed by atoms with Crippen LogP contribution in [0.5, 0.6) is 5.88 Å². The molecule has 11 nitrogen and oxygen atoms in total. The zero-order chi connectivity index (χ0) is 19.9. The third-order valence-corrected chi connectivity index (χ3v) is 4.30. The lowest BCUT2D eigenvalue weighted by Gasteiger charge is -2.31. The summed E-state index contributed by atoms with van der Waals surface area (Å²) in [5.74, 6) is 0.255. The van der Waals surface area contributed by atoms with Crippen LogP contribution < -0.4 is 9.80 Å². The first-order chi connectivity index (χ1) is 12.7. The minimum atomic E-state index is -1.36. The van der Waals surface area contributed by atoms with Crippen molar-refractivity contribution in [3.8, 4) is 5.88 Å². The highest BCUT2D eigenvalue weighted by atomic mass is 16.6. The van der Waals surface area contributed by atoms with Crippen molar-refractivity contribution >= 4 is 17.1 Å². The molecule has 4 atom stereocenters. The average molecular weight is 383 g/mol. The standard InChI is InChI=1S/C16H25N5O6/c1-5-26-13-9-12(17-7-18-13)20(15(19-9)21(25)16(2,3)4)14-11(24)10(23)8(6-22)27-14/h7-8,10-11,14,22-25H,5-6H2,1-4H3/t8-,10-,11-,14-/m1/s1. The van der Waals surface area contributed by atoms with E-state index in [1.807, 2.05) is 0 Å². The minimum absolute atomic E-state index is 0.0359. The van der Waals surface area contributed by atoms with Crippen LogP contribution in [-0.2, 0) is 4.74 Å². The molecule has 3 heterocycles. The van der Waals surface area contributed by atoms with Gasteiger partial charge in [0, 0.05) is 0 Å². The number of hydrogen-bond donors (Lipinski definition) is 4. The molecular formula is C16H25N5O6. The fourth-order valence-corrected chi connectivity index (χ4v) is 2.90. The highest BCUT2D eigenvalue weighted by molar-refractivity contribution is 5.79. The van der Waals surface area contributed by atoms with Crippen LogP contribution in [0.4, 0.5) is 5.95 Å². The number of hydroxylamine groups is 1. The molecule has 0 unspecified atom stereocenters. The summed E-state index contributed by atoms with van der Waals surface area (Å²) >= 11 is 0. The molecule has 0 saturated carbocycles. The number of ether oxygens (including phenoxy) is 2. The SMILES string of the molecule is CCOc1ncnc2c1nc(N(O)C(C)(C)C)n2[C@@H]1O[C@H](CO)[C@@H](O)[C@H]1O. The summed E-state index contributed by atoms with van der Waals surface area (Å²) in [5.41, 5.74) is -0.214. The summed E-state index contributed by atoms with van der Waals surface area (Å²) < 4.78 is 12.5. The van der Waals surface area contributed by atoms with Crippen LogP contribution in [0, 0.1) is 0 Å². The van der Waals surface area contributed by atoms with Gasteiger partial charge in [-0.25, -0.2) is 15.0 Å². The Bertz CT molecular complexity index is 806. The lowest BCUT2D eigenvalue weighted by atomic mass is 10.1. The Kier molecular flexibility index (Phi) is 5.23. The lowest BCUT2D eigenvalue weighted by Crippen LogP contribution is -2.41. The Morgan fingerprint density at radius 3 is 2.52 bits per heavy atom. The Hall–Kier alpha value is -2.05. The summed E-state index contributed by atoms with van der Waals surface area (Å²) in [6.45, 7) is 6.98. The van der Waals surface area contributed by atoms with Gasteiger partial charge < -0.3 is 24.8 Å². The van der Waals surface area contributed by atoms with Crippen LogP contribution in [0.3, 0.4) is 0 Å². The maximum absolute atomic E-state index is 10.7. The van der Waals surface area contributed by atoms with Crippen LogP contribution in [0.1, 0.15) is 33.9 Å². The number of fused-ring (bicyclic) bond motifs is 1. The van der Waals surface area contributed by atoms with Gasteiger partial charge >= 0.3 is 0 Å². The van der Waals surface area contributed by atoms with Crippen LogP contribution in [0.15, 0.2) is 6.33 Å². The fraction of sp³-hybridized carbons (Fsp3) is 0.688. The zero-order valence-corrected chi connectivity index (χ0v) is 15.6. The quantitative estimate of drug-likeness (QED) is 0.513. The monoisotopic (exact) mass is 383 g/mol. The van der Waals surface area contributed by atoms with Crippen molar-refractivity contribution in [1.82, 2.24) is 19.5 Å². The molecular weight excluding hydrogens is 358 g/mol. The number of anilines is 1. The van der Waals surface area contributed by atoms with Gasteiger partial charge in [-0.15, -0.1) is 0 Å². The smallest absolute Gasteiger partial charge is 0.245 e. The van der Waals surface area contributed by atoms with Crippen LogP contribution in [0.2, 0.25) is 0 Å². The van der Waals surface area contributed by atoms with Crippen LogP contribution in [0.25, 0.3) is 11.2 Å². The number of nitrogens with zero attached hydrogens (tertiary/aromatic N) is 5. The Balaban J connectivity index is 2.21. The molecule has 1 saturated heterocycles. The molecule has 0 aliphatic carbocycles. The van der Waals surface area contributed by atoms with Crippen molar-refractivity contribution in [1.29, 1.82) is 0 Å². The molecule has 3 rings (SSSR count). The molecule has 1 aliphatic rings. The van der Waals surface area contributed by atoms with E-state index in [1.165, 1.54) is 10.9 Å². The molecule has 11 heteroatoms. The predicted molar refractivity (Wildman–Crippen MR) is 93.5 cm³/mol. The number of hydrogen-bond acceptors (Lipinski definition) is 10. The van der Waals surface area contributed by atoms with Gasteiger partial charge in [0.1, 0.15) is 24.6 Å². The molecule has 1 fully saturated rings. The number of imidazole rings is 1. The molecule has 0 radical (unpaired) electrons. The highest BCUT2D eigenvalue weighted by Crippen LogP contribution is 2.37. The van der Waals surface area contributed by atoms with Crippen molar-refractivity contribution in [2.24, 2.45) is 0 Å². The van der Waals surface area contributed by atoms with Gasteiger partial charge in [-0.05, 0) is 27.7 Å². The zero-order valence-electron chi connectivity index (χ0n) is 15.6. The van der Waals surface area contributed by atoms with E-state index in [2.05, 4.69) is 15.0 Å². The van der Waals surface area contributed by atoms with E-state index >= 15 is 0 Å². The van der Waals surface area contributed by atoms with Crippen molar-refractivity contribution in [3.05, 3.63) is 6.33 Å². The van der Waals surface area contributed by atoms with E-state index in [0.29, 0.717) is 6.61 Å². The highest BCUT2D eigenvalue weighted by Gasteiger charge is 2.46. The summed E-state index contributed by atoms with van der Waals surface area (Å²) in [6.07, 6.45) is -3.50. The molecule has 0 spiro atoms. The molecule has 27 heavy (non-hydrogen) atoms. The van der Waals surface area contributed by atoms with Gasteiger partial charge in [0.05, 0.1) is 18.8 Å². The number of rotatable bonds is 5. The topological polar surface area (TPSA) is 146 Å². The summed E-state index contributed by atoms with van der Waals surface area (Å²) in [6, 6.07) is 0. The molecule has 150 valence electrons. The van der Waals surface area contributed by atoms with Crippen molar-refractivity contribution < 1.29 is 30.0 Å². The predicted octanol–water partition coefficient (Wildman–Crippen LogP) is -0.169. The van der Waals surface area contributed by atoms with E-state index < -0.39 is 36.7 Å². The fourth-order valence-electron chi connectivity index (χ4n) is 2.90. The van der Waals surface area contributed by atoms with E-state index in [0.717, 1.165) is 5.06 Å². The third-order valence-electron chi connectivity index (χ3n) is 4.30. The number of aromatic nitrogens is 4. The number of aliphatic hydroxyl groups is 3. The number of aliphatic hydroxyl groups excluding tert-OH is 3. The second kappa shape index (κ2) is 7.17. The maximum atomic E-state index is 10.7. The van der Waals surface area contributed by atoms with Crippen molar-refractivity contribution in [2.45, 2.75) is 57.8 Å². The molecule has 0 aromatic carbocycles. The van der Waals surface area contributed by atoms with Gasteiger partial charge in [0.25, 0.3) is 0 Å². The first-order valence-electron chi connectivity index (χ1n) is 8.68. The summed E-state index contributed by atoms with van der Waals surface area (Å²) in [7, 11) is 0. The summed E-state index contributed by atoms with van der Waals surface area (Å²) in [4.78, 5) is 12.7. The molecule has 2 aromatic heterocycles. The lowest BCUT2D eigenvalue weighted by molar-refractivity contribution is -0.0517.